The van der Waals surface area contributed by atoms with Gasteiger partial charge in [-0.1, -0.05) is 0 Å². The molecule has 0 radical (unpaired) electrons. The quantitative estimate of drug-likeness (QED) is 0.556. The van der Waals surface area contributed by atoms with Crippen LogP contribution in [-0.2, 0) is 14.3 Å². The van der Waals surface area contributed by atoms with Crippen molar-refractivity contribution in [3.63, 3.8) is 0 Å². The summed E-state index contributed by atoms with van der Waals surface area (Å²) in [4.78, 5) is 23.3. The van der Waals surface area contributed by atoms with Gasteiger partial charge in [-0.25, -0.2) is 0 Å². The molecule has 0 fully saturated rings. The van der Waals surface area contributed by atoms with E-state index in [9.17, 15) is 9.59 Å². The summed E-state index contributed by atoms with van der Waals surface area (Å²) < 4.78 is 15.7. The number of carbonyl (C=O) groups is 2. The summed E-state index contributed by atoms with van der Waals surface area (Å²) >= 11 is 0. The van der Waals surface area contributed by atoms with Gasteiger partial charge in [0.05, 0.1) is 19.8 Å². The van der Waals surface area contributed by atoms with E-state index in [1.807, 2.05) is 13.8 Å². The Bertz CT molecular complexity index is 505. The van der Waals surface area contributed by atoms with Gasteiger partial charge >= 0.3 is 11.8 Å². The molecule has 0 unspecified atom stereocenters. The third-order valence-corrected chi connectivity index (χ3v) is 2.60. The van der Waals surface area contributed by atoms with Gasteiger partial charge in [-0.05, 0) is 26.0 Å². The maximum absolute atomic E-state index is 11.8. The first-order valence-electron chi connectivity index (χ1n) is 7.10. The lowest BCUT2D eigenvalue weighted by Crippen LogP contribution is -2.37. The Balaban J connectivity index is 2.70. The highest BCUT2D eigenvalue weighted by Gasteiger charge is 2.14. The van der Waals surface area contributed by atoms with Crippen molar-refractivity contribution in [2.45, 2.75) is 13.8 Å². The molecule has 0 aliphatic heterocycles. The number of ether oxygens (including phenoxy) is 3. The van der Waals surface area contributed by atoms with Crippen molar-refractivity contribution >= 4 is 17.5 Å². The van der Waals surface area contributed by atoms with Gasteiger partial charge in [0, 0.05) is 25.4 Å². The van der Waals surface area contributed by atoms with Crippen LogP contribution in [0.4, 0.5) is 5.69 Å². The number of rotatable bonds is 8. The summed E-state index contributed by atoms with van der Waals surface area (Å²) in [6.45, 7) is 5.31. The van der Waals surface area contributed by atoms with E-state index < -0.39 is 11.8 Å². The molecule has 7 heteroatoms. The average molecular weight is 310 g/mol. The van der Waals surface area contributed by atoms with Crippen molar-refractivity contribution in [3.8, 4) is 11.5 Å². The molecule has 122 valence electrons. The van der Waals surface area contributed by atoms with Gasteiger partial charge in [-0.2, -0.15) is 0 Å². The molecule has 7 nitrogen and oxygen atoms in total. The standard InChI is InChI=1S/C15H22N2O5/c1-4-21-12-7-6-11(10-13(12)22-5-2)17-15(19)14(18)16-8-9-20-3/h6-7,10H,4-5,8-9H2,1-3H3,(H,16,18)(H,17,19). The lowest BCUT2D eigenvalue weighted by Gasteiger charge is -2.13. The minimum Gasteiger partial charge on any atom is -0.490 e. The van der Waals surface area contributed by atoms with E-state index in [-0.39, 0.29) is 6.54 Å². The van der Waals surface area contributed by atoms with Gasteiger partial charge in [0.2, 0.25) is 0 Å². The van der Waals surface area contributed by atoms with Gasteiger partial charge in [-0.3, -0.25) is 9.59 Å². The van der Waals surface area contributed by atoms with Crippen molar-refractivity contribution < 1.29 is 23.8 Å². The summed E-state index contributed by atoms with van der Waals surface area (Å²) in [6.07, 6.45) is 0. The fourth-order valence-corrected chi connectivity index (χ4v) is 1.66. The molecular formula is C15H22N2O5. The fourth-order valence-electron chi connectivity index (χ4n) is 1.66. The molecule has 22 heavy (non-hydrogen) atoms. The van der Waals surface area contributed by atoms with E-state index in [1.165, 1.54) is 7.11 Å². The highest BCUT2D eigenvalue weighted by atomic mass is 16.5. The van der Waals surface area contributed by atoms with Crippen molar-refractivity contribution in [3.05, 3.63) is 18.2 Å². The molecule has 0 aliphatic rings. The molecule has 0 saturated carbocycles. The zero-order chi connectivity index (χ0) is 16.4. The summed E-state index contributed by atoms with van der Waals surface area (Å²) in [5, 5.41) is 4.95. The second-order valence-corrected chi connectivity index (χ2v) is 4.23. The van der Waals surface area contributed by atoms with E-state index in [4.69, 9.17) is 14.2 Å². The van der Waals surface area contributed by atoms with Crippen LogP contribution in [0, 0.1) is 0 Å². The maximum Gasteiger partial charge on any atom is 0.313 e. The molecule has 2 N–H and O–H groups in total. The topological polar surface area (TPSA) is 85.9 Å². The van der Waals surface area contributed by atoms with Crippen molar-refractivity contribution in [2.75, 3.05) is 38.8 Å². The van der Waals surface area contributed by atoms with Crippen LogP contribution in [0.1, 0.15) is 13.8 Å². The zero-order valence-electron chi connectivity index (χ0n) is 13.1. The number of hydrogen-bond donors (Lipinski definition) is 2. The average Bonchev–Trinajstić information content (AvgIpc) is 2.50. The van der Waals surface area contributed by atoms with Crippen LogP contribution in [0.5, 0.6) is 11.5 Å². The van der Waals surface area contributed by atoms with E-state index in [2.05, 4.69) is 10.6 Å². The molecule has 0 aliphatic carbocycles. The number of anilines is 1. The third-order valence-electron chi connectivity index (χ3n) is 2.60. The molecule has 0 saturated heterocycles. The SMILES string of the molecule is CCOc1ccc(NC(=O)C(=O)NCCOC)cc1OCC. The van der Waals surface area contributed by atoms with E-state index in [0.717, 1.165) is 0 Å². The van der Waals surface area contributed by atoms with Gasteiger partial charge in [-0.15, -0.1) is 0 Å². The first-order chi connectivity index (χ1) is 10.6. The smallest absolute Gasteiger partial charge is 0.313 e. The van der Waals surface area contributed by atoms with Gasteiger partial charge in [0.15, 0.2) is 11.5 Å². The van der Waals surface area contributed by atoms with E-state index in [1.54, 1.807) is 18.2 Å². The first kappa shape index (κ1) is 17.8. The predicted octanol–water partition coefficient (Wildman–Crippen LogP) is 1.19. The molecule has 0 spiro atoms. The summed E-state index contributed by atoms with van der Waals surface area (Å²) in [7, 11) is 1.52. The van der Waals surface area contributed by atoms with Crippen LogP contribution in [0.15, 0.2) is 18.2 Å². The Morgan fingerprint density at radius 3 is 2.36 bits per heavy atom. The second-order valence-electron chi connectivity index (χ2n) is 4.23. The summed E-state index contributed by atoms with van der Waals surface area (Å²) in [5.74, 6) is -0.361. The lowest BCUT2D eigenvalue weighted by molar-refractivity contribution is -0.136. The van der Waals surface area contributed by atoms with Gasteiger partial charge in [0.25, 0.3) is 0 Å². The lowest BCUT2D eigenvalue weighted by atomic mass is 10.2. The zero-order valence-corrected chi connectivity index (χ0v) is 13.1. The van der Waals surface area contributed by atoms with Crippen molar-refractivity contribution in [1.29, 1.82) is 0 Å². The monoisotopic (exact) mass is 310 g/mol. The van der Waals surface area contributed by atoms with Crippen molar-refractivity contribution in [2.24, 2.45) is 0 Å². The van der Waals surface area contributed by atoms with Gasteiger partial charge in [0.1, 0.15) is 0 Å². The number of amides is 2. The van der Waals surface area contributed by atoms with Crippen LogP contribution >= 0.6 is 0 Å². The highest BCUT2D eigenvalue weighted by molar-refractivity contribution is 6.39. The van der Waals surface area contributed by atoms with E-state index in [0.29, 0.717) is 37.0 Å². The molecule has 0 bridgehead atoms. The Morgan fingerprint density at radius 2 is 1.73 bits per heavy atom. The number of nitrogens with one attached hydrogen (secondary N) is 2. The molecule has 1 aromatic rings. The highest BCUT2D eigenvalue weighted by Crippen LogP contribution is 2.30. The van der Waals surface area contributed by atoms with Crippen LogP contribution in [-0.4, -0.2) is 45.3 Å². The van der Waals surface area contributed by atoms with Gasteiger partial charge < -0.3 is 24.8 Å². The van der Waals surface area contributed by atoms with Crippen LogP contribution < -0.4 is 20.1 Å². The molecule has 0 heterocycles. The van der Waals surface area contributed by atoms with E-state index >= 15 is 0 Å². The molecule has 0 atom stereocenters. The number of hydrogen-bond acceptors (Lipinski definition) is 5. The Kier molecular flexibility index (Phi) is 7.77. The second kappa shape index (κ2) is 9.62. The predicted molar refractivity (Wildman–Crippen MR) is 82.3 cm³/mol. The minimum atomic E-state index is -0.747. The largest absolute Gasteiger partial charge is 0.490 e. The normalized spacial score (nSPS) is 9.95. The van der Waals surface area contributed by atoms with Crippen LogP contribution in [0.2, 0.25) is 0 Å². The van der Waals surface area contributed by atoms with Crippen LogP contribution in [0.25, 0.3) is 0 Å². The summed E-state index contributed by atoms with van der Waals surface area (Å²) in [5.41, 5.74) is 0.457. The van der Waals surface area contributed by atoms with Crippen molar-refractivity contribution in [1.82, 2.24) is 5.32 Å². The maximum atomic E-state index is 11.8. The number of benzene rings is 1. The molecule has 1 aromatic carbocycles. The minimum absolute atomic E-state index is 0.274. The molecule has 2 amide bonds. The molecular weight excluding hydrogens is 288 g/mol. The fraction of sp³-hybridized carbons (Fsp3) is 0.467. The Morgan fingerprint density at radius 1 is 1.05 bits per heavy atom. The summed E-state index contributed by atoms with van der Waals surface area (Å²) in [6, 6.07) is 4.95. The van der Waals surface area contributed by atoms with Crippen LogP contribution in [0.3, 0.4) is 0 Å². The first-order valence-corrected chi connectivity index (χ1v) is 7.10. The number of carbonyl (C=O) groups excluding carboxylic acids is 2. The Labute approximate surface area is 129 Å². The number of methoxy groups -OCH3 is 1. The molecule has 1 rings (SSSR count). The molecule has 0 aromatic heterocycles. The third kappa shape index (κ3) is 5.61. The Hall–Kier alpha value is -2.28.